The first-order valence-electron chi connectivity index (χ1n) is 6.99. The summed E-state index contributed by atoms with van der Waals surface area (Å²) in [6.07, 6.45) is 0.536. The average Bonchev–Trinajstić information content (AvgIpc) is 2.49. The van der Waals surface area contributed by atoms with Crippen molar-refractivity contribution in [1.29, 1.82) is 0 Å². The Morgan fingerprint density at radius 3 is 2.29 bits per heavy atom. The van der Waals surface area contributed by atoms with Crippen molar-refractivity contribution in [3.8, 4) is 0 Å². The van der Waals surface area contributed by atoms with Gasteiger partial charge in [0.25, 0.3) is 0 Å². The fraction of sp³-hybridized carbons (Fsp3) is 0.600. The second-order valence-electron chi connectivity index (χ2n) is 4.87. The van der Waals surface area contributed by atoms with Gasteiger partial charge in [-0.2, -0.15) is 0 Å². The van der Waals surface area contributed by atoms with Crippen LogP contribution in [0.2, 0.25) is 0 Å². The zero-order valence-electron chi connectivity index (χ0n) is 12.6. The molecule has 21 heavy (non-hydrogen) atoms. The Balaban J connectivity index is 2.55. The van der Waals surface area contributed by atoms with Gasteiger partial charge in [0, 0.05) is 45.5 Å². The molecule has 0 fully saturated rings. The third-order valence-electron chi connectivity index (χ3n) is 3.36. The monoisotopic (exact) mass is 302 g/mol. The minimum atomic E-state index is -0.862. The van der Waals surface area contributed by atoms with E-state index in [1.165, 1.54) is 12.1 Å². The van der Waals surface area contributed by atoms with Gasteiger partial charge in [-0.05, 0) is 12.5 Å². The SMILES string of the molecule is COCCN(CCOC)CCC(N)c1cccc(F)c1F. The van der Waals surface area contributed by atoms with Crippen molar-refractivity contribution >= 4 is 0 Å². The molecule has 1 aromatic rings. The Kier molecular flexibility index (Phi) is 8.37. The standard InChI is InChI=1S/C15H24F2N2O2/c1-20-10-8-19(9-11-21-2)7-6-14(18)12-4-3-5-13(16)15(12)17/h3-5,14H,6-11,18H2,1-2H3. The van der Waals surface area contributed by atoms with E-state index in [0.29, 0.717) is 26.2 Å². The summed E-state index contributed by atoms with van der Waals surface area (Å²) < 4.78 is 37.0. The van der Waals surface area contributed by atoms with Crippen LogP contribution in [-0.4, -0.2) is 52.0 Å². The van der Waals surface area contributed by atoms with Crippen LogP contribution in [0.1, 0.15) is 18.0 Å². The normalized spacial score (nSPS) is 12.9. The molecule has 1 atom stereocenters. The first kappa shape index (κ1) is 18.0. The molecule has 0 amide bonds. The number of ether oxygens (including phenoxy) is 2. The molecule has 1 rings (SSSR count). The van der Waals surface area contributed by atoms with E-state index in [4.69, 9.17) is 15.2 Å². The second-order valence-corrected chi connectivity index (χ2v) is 4.87. The Morgan fingerprint density at radius 1 is 1.10 bits per heavy atom. The predicted octanol–water partition coefficient (Wildman–Crippen LogP) is 1.95. The molecule has 0 radical (unpaired) electrons. The van der Waals surface area contributed by atoms with Crippen molar-refractivity contribution in [2.75, 3.05) is 47.1 Å². The molecule has 0 heterocycles. The van der Waals surface area contributed by atoms with Gasteiger partial charge in [0.1, 0.15) is 0 Å². The van der Waals surface area contributed by atoms with E-state index < -0.39 is 17.7 Å². The first-order valence-corrected chi connectivity index (χ1v) is 6.99. The Morgan fingerprint density at radius 2 is 1.71 bits per heavy atom. The van der Waals surface area contributed by atoms with E-state index in [1.54, 1.807) is 14.2 Å². The molecule has 0 bridgehead atoms. The van der Waals surface area contributed by atoms with E-state index in [9.17, 15) is 8.78 Å². The molecule has 0 saturated carbocycles. The summed E-state index contributed by atoms with van der Waals surface area (Å²) in [5.74, 6) is -1.72. The molecule has 1 unspecified atom stereocenters. The number of benzene rings is 1. The van der Waals surface area contributed by atoms with Gasteiger partial charge in [0.05, 0.1) is 13.2 Å². The minimum Gasteiger partial charge on any atom is -0.383 e. The van der Waals surface area contributed by atoms with E-state index >= 15 is 0 Å². The van der Waals surface area contributed by atoms with Crippen LogP contribution in [0, 0.1) is 11.6 Å². The molecule has 0 spiro atoms. The third-order valence-corrected chi connectivity index (χ3v) is 3.36. The summed E-state index contributed by atoms with van der Waals surface area (Å²) >= 11 is 0. The van der Waals surface area contributed by atoms with Crippen molar-refractivity contribution < 1.29 is 18.3 Å². The van der Waals surface area contributed by atoms with Crippen molar-refractivity contribution in [2.45, 2.75) is 12.5 Å². The van der Waals surface area contributed by atoms with Crippen LogP contribution in [0.25, 0.3) is 0 Å². The van der Waals surface area contributed by atoms with Crippen LogP contribution in [0.15, 0.2) is 18.2 Å². The molecule has 4 nitrogen and oxygen atoms in total. The number of halogens is 2. The van der Waals surface area contributed by atoms with Crippen molar-refractivity contribution in [2.24, 2.45) is 5.73 Å². The lowest BCUT2D eigenvalue weighted by atomic mass is 10.0. The molecule has 6 heteroatoms. The molecular formula is C15H24F2N2O2. The summed E-state index contributed by atoms with van der Waals surface area (Å²) in [6.45, 7) is 3.38. The van der Waals surface area contributed by atoms with Crippen LogP contribution in [-0.2, 0) is 9.47 Å². The zero-order valence-corrected chi connectivity index (χ0v) is 12.6. The highest BCUT2D eigenvalue weighted by Gasteiger charge is 2.16. The Hall–Kier alpha value is -1.08. The molecule has 0 aromatic heterocycles. The van der Waals surface area contributed by atoms with Gasteiger partial charge in [0.15, 0.2) is 11.6 Å². The maximum Gasteiger partial charge on any atom is 0.163 e. The quantitative estimate of drug-likeness (QED) is 0.717. The molecule has 0 aliphatic heterocycles. The highest BCUT2D eigenvalue weighted by molar-refractivity contribution is 5.22. The maximum atomic E-state index is 13.7. The van der Waals surface area contributed by atoms with Gasteiger partial charge in [0.2, 0.25) is 0 Å². The van der Waals surface area contributed by atoms with E-state index in [0.717, 1.165) is 19.2 Å². The maximum absolute atomic E-state index is 13.7. The highest BCUT2D eigenvalue weighted by atomic mass is 19.2. The molecular weight excluding hydrogens is 278 g/mol. The van der Waals surface area contributed by atoms with Crippen molar-refractivity contribution in [3.63, 3.8) is 0 Å². The van der Waals surface area contributed by atoms with E-state index in [1.807, 2.05) is 0 Å². The van der Waals surface area contributed by atoms with Crippen LogP contribution in [0.3, 0.4) is 0 Å². The summed E-state index contributed by atoms with van der Waals surface area (Å²) in [4.78, 5) is 2.13. The number of hydrogen-bond acceptors (Lipinski definition) is 4. The summed E-state index contributed by atoms with van der Waals surface area (Å²) in [5.41, 5.74) is 6.19. The number of methoxy groups -OCH3 is 2. The molecule has 1 aromatic carbocycles. The lowest BCUT2D eigenvalue weighted by molar-refractivity contribution is 0.112. The third kappa shape index (κ3) is 6.05. The summed E-state index contributed by atoms with van der Waals surface area (Å²) in [6, 6.07) is 3.56. The van der Waals surface area contributed by atoms with Gasteiger partial charge in [-0.25, -0.2) is 8.78 Å². The fourth-order valence-corrected chi connectivity index (χ4v) is 2.06. The van der Waals surface area contributed by atoms with Gasteiger partial charge < -0.3 is 15.2 Å². The predicted molar refractivity (Wildman–Crippen MR) is 78.1 cm³/mol. The Bertz CT molecular complexity index is 411. The van der Waals surface area contributed by atoms with Crippen molar-refractivity contribution in [3.05, 3.63) is 35.4 Å². The number of hydrogen-bond donors (Lipinski definition) is 1. The number of nitrogens with zero attached hydrogens (tertiary/aromatic N) is 1. The van der Waals surface area contributed by atoms with Gasteiger partial charge >= 0.3 is 0 Å². The molecule has 120 valence electrons. The smallest absolute Gasteiger partial charge is 0.163 e. The number of rotatable bonds is 10. The minimum absolute atomic E-state index is 0.216. The molecule has 0 saturated heterocycles. The molecule has 0 aliphatic rings. The largest absolute Gasteiger partial charge is 0.383 e. The van der Waals surface area contributed by atoms with Crippen LogP contribution < -0.4 is 5.73 Å². The lowest BCUT2D eigenvalue weighted by Crippen LogP contribution is -2.33. The topological polar surface area (TPSA) is 47.7 Å². The van der Waals surface area contributed by atoms with Gasteiger partial charge in [-0.3, -0.25) is 4.90 Å². The Labute approximate surface area is 124 Å². The molecule has 2 N–H and O–H groups in total. The van der Waals surface area contributed by atoms with Crippen LogP contribution in [0.5, 0.6) is 0 Å². The van der Waals surface area contributed by atoms with Gasteiger partial charge in [-0.15, -0.1) is 0 Å². The number of nitrogens with two attached hydrogens (primary N) is 1. The highest BCUT2D eigenvalue weighted by Crippen LogP contribution is 2.20. The first-order chi connectivity index (χ1) is 10.1. The van der Waals surface area contributed by atoms with Crippen LogP contribution in [0.4, 0.5) is 8.78 Å². The average molecular weight is 302 g/mol. The van der Waals surface area contributed by atoms with Crippen molar-refractivity contribution in [1.82, 2.24) is 4.90 Å². The molecule has 0 aliphatic carbocycles. The fourth-order valence-electron chi connectivity index (χ4n) is 2.06. The van der Waals surface area contributed by atoms with E-state index in [-0.39, 0.29) is 5.56 Å². The van der Waals surface area contributed by atoms with Gasteiger partial charge in [-0.1, -0.05) is 12.1 Å². The van der Waals surface area contributed by atoms with Crippen LogP contribution >= 0.6 is 0 Å². The zero-order chi connectivity index (χ0) is 15.7. The summed E-state index contributed by atoms with van der Waals surface area (Å²) in [5, 5.41) is 0. The van der Waals surface area contributed by atoms with E-state index in [2.05, 4.69) is 4.90 Å². The second kappa shape index (κ2) is 9.78. The summed E-state index contributed by atoms with van der Waals surface area (Å²) in [7, 11) is 3.28. The lowest BCUT2D eigenvalue weighted by Gasteiger charge is -2.23.